The van der Waals surface area contributed by atoms with Gasteiger partial charge >= 0.3 is 5.69 Å². The summed E-state index contributed by atoms with van der Waals surface area (Å²) in [5, 5.41) is 32.8. The number of nitriles is 1. The first kappa shape index (κ1) is 15.1. The van der Waals surface area contributed by atoms with Crippen LogP contribution < -0.4 is 0 Å². The minimum absolute atomic E-state index is 0.0478. The number of nitrogens with zero attached hydrogens (tertiary/aromatic N) is 5. The third-order valence-electron chi connectivity index (χ3n) is 2.87. The molecule has 0 amide bonds. The molecule has 8 heteroatoms. The van der Waals surface area contributed by atoms with Crippen LogP contribution in [-0.4, -0.2) is 50.4 Å². The van der Waals surface area contributed by atoms with Gasteiger partial charge in [0.1, 0.15) is 12.4 Å². The van der Waals surface area contributed by atoms with Crippen molar-refractivity contribution in [3.63, 3.8) is 0 Å². The quantitative estimate of drug-likeness (QED) is 0.565. The Hall–Kier alpha value is -1.98. The van der Waals surface area contributed by atoms with E-state index in [1.807, 2.05) is 18.9 Å². The van der Waals surface area contributed by atoms with E-state index in [0.717, 1.165) is 6.20 Å². The number of likely N-dealkylation sites (N-methyl/N-ethyl adjacent to an activating group) is 1. The first-order valence-corrected chi connectivity index (χ1v) is 5.86. The molecule has 0 aromatic carbocycles. The van der Waals surface area contributed by atoms with Gasteiger partial charge in [0.2, 0.25) is 0 Å². The summed E-state index contributed by atoms with van der Waals surface area (Å²) in [5.74, 6) is 0. The van der Waals surface area contributed by atoms with Gasteiger partial charge in [-0.2, -0.15) is 10.4 Å². The van der Waals surface area contributed by atoms with Crippen LogP contribution in [0, 0.1) is 21.4 Å². The molecule has 0 aliphatic rings. The van der Waals surface area contributed by atoms with Crippen LogP contribution >= 0.6 is 0 Å². The summed E-state index contributed by atoms with van der Waals surface area (Å²) in [6.07, 6.45) is 2.11. The molecule has 104 valence electrons. The number of hydrogen-bond acceptors (Lipinski definition) is 6. The Kier molecular flexibility index (Phi) is 5.41. The summed E-state index contributed by atoms with van der Waals surface area (Å²) >= 11 is 0. The minimum atomic E-state index is -0.703. The van der Waals surface area contributed by atoms with Crippen LogP contribution in [0.4, 0.5) is 5.69 Å². The zero-order valence-corrected chi connectivity index (χ0v) is 10.9. The van der Waals surface area contributed by atoms with Crippen LogP contribution in [-0.2, 0) is 6.54 Å². The minimum Gasteiger partial charge on any atom is -0.390 e. The van der Waals surface area contributed by atoms with Gasteiger partial charge in [-0.05, 0) is 14.0 Å². The second-order valence-corrected chi connectivity index (χ2v) is 4.48. The number of aliphatic hydroxyl groups is 1. The van der Waals surface area contributed by atoms with Crippen LogP contribution in [0.1, 0.15) is 13.3 Å². The highest BCUT2D eigenvalue weighted by Crippen LogP contribution is 2.09. The van der Waals surface area contributed by atoms with Crippen molar-refractivity contribution >= 4 is 5.69 Å². The van der Waals surface area contributed by atoms with Crippen molar-refractivity contribution in [1.29, 1.82) is 5.26 Å². The van der Waals surface area contributed by atoms with Crippen molar-refractivity contribution < 1.29 is 10.0 Å². The van der Waals surface area contributed by atoms with E-state index >= 15 is 0 Å². The van der Waals surface area contributed by atoms with Gasteiger partial charge in [-0.3, -0.25) is 14.8 Å². The molecule has 2 atom stereocenters. The van der Waals surface area contributed by atoms with Gasteiger partial charge in [0.15, 0.2) is 0 Å². The van der Waals surface area contributed by atoms with Gasteiger partial charge in [0.25, 0.3) is 0 Å². The molecular weight excluding hydrogens is 250 g/mol. The van der Waals surface area contributed by atoms with Crippen LogP contribution in [0.2, 0.25) is 0 Å². The van der Waals surface area contributed by atoms with E-state index in [1.165, 1.54) is 10.9 Å². The summed E-state index contributed by atoms with van der Waals surface area (Å²) in [6.45, 7) is 2.45. The molecule has 19 heavy (non-hydrogen) atoms. The molecule has 8 nitrogen and oxygen atoms in total. The van der Waals surface area contributed by atoms with Crippen LogP contribution in [0.5, 0.6) is 0 Å². The predicted octanol–water partition coefficient (Wildman–Crippen LogP) is 0.386. The molecule has 1 N–H and O–H groups in total. The molecule has 0 aliphatic carbocycles. The van der Waals surface area contributed by atoms with Gasteiger partial charge in [-0.25, -0.2) is 0 Å². The van der Waals surface area contributed by atoms with Crippen LogP contribution in [0.15, 0.2) is 12.4 Å². The van der Waals surface area contributed by atoms with Crippen molar-refractivity contribution in [2.75, 3.05) is 13.6 Å². The second-order valence-electron chi connectivity index (χ2n) is 4.48. The molecule has 1 aromatic heterocycles. The van der Waals surface area contributed by atoms with Crippen molar-refractivity contribution in [2.45, 2.75) is 32.0 Å². The number of nitro groups is 1. The number of aliphatic hydroxyl groups excluding tert-OH is 1. The van der Waals surface area contributed by atoms with Gasteiger partial charge in [0, 0.05) is 12.6 Å². The highest BCUT2D eigenvalue weighted by atomic mass is 16.6. The maximum absolute atomic E-state index is 10.5. The summed E-state index contributed by atoms with van der Waals surface area (Å²) in [6, 6.07) is 2.12. The van der Waals surface area contributed by atoms with E-state index in [-0.39, 0.29) is 18.3 Å². The Bertz CT molecular complexity index is 467. The van der Waals surface area contributed by atoms with E-state index in [9.17, 15) is 15.2 Å². The zero-order chi connectivity index (χ0) is 14.4. The van der Waals surface area contributed by atoms with Gasteiger partial charge in [-0.15, -0.1) is 0 Å². The molecule has 0 saturated carbocycles. The molecule has 1 rings (SSSR count). The average molecular weight is 267 g/mol. The topological polar surface area (TPSA) is 108 Å². The third kappa shape index (κ3) is 4.65. The van der Waals surface area contributed by atoms with Crippen LogP contribution in [0.25, 0.3) is 0 Å². The predicted molar refractivity (Wildman–Crippen MR) is 67.2 cm³/mol. The molecule has 0 aliphatic heterocycles. The number of hydrogen-bond donors (Lipinski definition) is 1. The molecule has 0 saturated heterocycles. The Morgan fingerprint density at radius 2 is 2.42 bits per heavy atom. The lowest BCUT2D eigenvalue weighted by atomic mass is 10.2. The standard InChI is InChI=1S/C11H17N5O3/c1-9(3-4-12)14(2)7-11(17)8-15-6-10(5-13-15)16(18)19/h5-6,9,11,17H,3,7-8H2,1-2H3. The molecule has 1 aromatic rings. The molecule has 2 unspecified atom stereocenters. The lowest BCUT2D eigenvalue weighted by Crippen LogP contribution is -2.37. The maximum Gasteiger partial charge on any atom is 0.306 e. The van der Waals surface area contributed by atoms with Gasteiger partial charge < -0.3 is 10.0 Å². The number of aromatic nitrogens is 2. The Morgan fingerprint density at radius 1 is 1.74 bits per heavy atom. The average Bonchev–Trinajstić information content (AvgIpc) is 2.77. The van der Waals surface area contributed by atoms with E-state index in [4.69, 9.17) is 5.26 Å². The van der Waals surface area contributed by atoms with E-state index < -0.39 is 11.0 Å². The van der Waals surface area contributed by atoms with Crippen molar-refractivity contribution in [2.24, 2.45) is 0 Å². The smallest absolute Gasteiger partial charge is 0.306 e. The van der Waals surface area contributed by atoms with Gasteiger partial charge in [-0.1, -0.05) is 0 Å². The highest BCUT2D eigenvalue weighted by Gasteiger charge is 2.16. The fraction of sp³-hybridized carbons (Fsp3) is 0.636. The van der Waals surface area contributed by atoms with E-state index in [1.54, 1.807) is 0 Å². The summed E-state index contributed by atoms with van der Waals surface area (Å²) in [4.78, 5) is 11.8. The van der Waals surface area contributed by atoms with E-state index in [2.05, 4.69) is 11.2 Å². The molecule has 0 spiro atoms. The van der Waals surface area contributed by atoms with Gasteiger partial charge in [0.05, 0.1) is 30.1 Å². The Balaban J connectivity index is 2.48. The summed E-state index contributed by atoms with van der Waals surface area (Å²) in [7, 11) is 1.82. The molecule has 0 bridgehead atoms. The maximum atomic E-state index is 10.5. The monoisotopic (exact) mass is 267 g/mol. The fourth-order valence-corrected chi connectivity index (χ4v) is 1.62. The van der Waals surface area contributed by atoms with Crippen molar-refractivity contribution in [1.82, 2.24) is 14.7 Å². The largest absolute Gasteiger partial charge is 0.390 e. The SMILES string of the molecule is CC(CC#N)N(C)CC(O)Cn1cc([N+](=O)[O-])cn1. The fourth-order valence-electron chi connectivity index (χ4n) is 1.62. The first-order chi connectivity index (χ1) is 8.93. The number of rotatable bonds is 7. The van der Waals surface area contributed by atoms with E-state index in [0.29, 0.717) is 13.0 Å². The first-order valence-electron chi connectivity index (χ1n) is 5.86. The molecule has 0 radical (unpaired) electrons. The summed E-state index contributed by atoms with van der Waals surface area (Å²) in [5.41, 5.74) is -0.0987. The Labute approximate surface area is 111 Å². The molecule has 0 fully saturated rings. The lowest BCUT2D eigenvalue weighted by Gasteiger charge is -2.25. The van der Waals surface area contributed by atoms with Crippen molar-refractivity contribution in [3.8, 4) is 6.07 Å². The second kappa shape index (κ2) is 6.82. The zero-order valence-electron chi connectivity index (χ0n) is 10.9. The Morgan fingerprint density at radius 3 is 2.95 bits per heavy atom. The normalized spacial score (nSPS) is 14.1. The highest BCUT2D eigenvalue weighted by molar-refractivity contribution is 5.20. The third-order valence-corrected chi connectivity index (χ3v) is 2.87. The lowest BCUT2D eigenvalue weighted by molar-refractivity contribution is -0.385. The summed E-state index contributed by atoms with van der Waals surface area (Å²) < 4.78 is 1.34. The van der Waals surface area contributed by atoms with Crippen molar-refractivity contribution in [3.05, 3.63) is 22.5 Å². The molecule has 1 heterocycles. The van der Waals surface area contributed by atoms with Crippen LogP contribution in [0.3, 0.4) is 0 Å². The molecular formula is C11H17N5O3.